The van der Waals surface area contributed by atoms with Crippen molar-refractivity contribution in [1.29, 1.82) is 0 Å². The highest BCUT2D eigenvalue weighted by Gasteiger charge is 2.48. The third-order valence-corrected chi connectivity index (χ3v) is 6.92. The summed E-state index contributed by atoms with van der Waals surface area (Å²) in [4.78, 5) is 12.5. The minimum absolute atomic E-state index is 0.273. The zero-order valence-electron chi connectivity index (χ0n) is 16.1. The van der Waals surface area contributed by atoms with Crippen molar-refractivity contribution in [2.75, 3.05) is 31.1 Å². The number of aromatic nitrogens is 4. The van der Waals surface area contributed by atoms with Gasteiger partial charge in [-0.2, -0.15) is 5.10 Å². The van der Waals surface area contributed by atoms with E-state index in [0.717, 1.165) is 38.4 Å². The molecule has 2 fully saturated rings. The molecule has 2 aliphatic heterocycles. The van der Waals surface area contributed by atoms with Gasteiger partial charge in [-0.3, -0.25) is 0 Å². The van der Waals surface area contributed by atoms with Gasteiger partial charge in [-0.15, -0.1) is 0 Å². The van der Waals surface area contributed by atoms with Crippen molar-refractivity contribution in [2.24, 2.45) is 5.41 Å². The van der Waals surface area contributed by atoms with Crippen LogP contribution in [0.15, 0.2) is 41.6 Å². The predicted molar refractivity (Wildman–Crippen MR) is 109 cm³/mol. The van der Waals surface area contributed by atoms with Gasteiger partial charge in [0.05, 0.1) is 12.4 Å². The van der Waals surface area contributed by atoms with Crippen LogP contribution in [-0.4, -0.2) is 56.7 Å². The number of aryl methyl sites for hydroxylation is 1. The molecule has 1 spiro atoms. The van der Waals surface area contributed by atoms with Gasteiger partial charge >= 0.3 is 0 Å². The monoisotopic (exact) mass is 416 g/mol. The number of rotatable bonds is 5. The maximum atomic E-state index is 12.8. The topological polar surface area (TPSA) is 50.1 Å². The second-order valence-corrected chi connectivity index (χ2v) is 9.12. The molecule has 0 aliphatic carbocycles. The third kappa shape index (κ3) is 3.57. The summed E-state index contributed by atoms with van der Waals surface area (Å²) in [6, 6.07) is 8.45. The molecule has 0 N–H and O–H groups in total. The van der Waals surface area contributed by atoms with Gasteiger partial charge in [-0.25, -0.2) is 27.7 Å². The average molecular weight is 417 g/mol. The number of anilines is 1. The Balaban J connectivity index is 1.26. The van der Waals surface area contributed by atoms with Gasteiger partial charge in [0.2, 0.25) is 0 Å². The lowest BCUT2D eigenvalue weighted by molar-refractivity contribution is 0.105. The molecular formula is C20H22F2N6S. The van der Waals surface area contributed by atoms with E-state index in [4.69, 9.17) is 0 Å². The first-order valence-corrected chi connectivity index (χ1v) is 10.5. The van der Waals surface area contributed by atoms with Gasteiger partial charge in [-0.05, 0) is 36.9 Å². The Kier molecular flexibility index (Phi) is 4.66. The Morgan fingerprint density at radius 3 is 2.79 bits per heavy atom. The Labute approximate surface area is 172 Å². The van der Waals surface area contributed by atoms with Crippen molar-refractivity contribution in [3.05, 3.63) is 42.2 Å². The van der Waals surface area contributed by atoms with Crippen LogP contribution in [0.1, 0.15) is 12.0 Å². The van der Waals surface area contributed by atoms with Gasteiger partial charge in [0.15, 0.2) is 5.65 Å². The maximum Gasteiger partial charge on any atom is 0.258 e. The Bertz CT molecular complexity index is 1030. The van der Waals surface area contributed by atoms with Crippen LogP contribution in [0, 0.1) is 12.3 Å². The molecule has 0 atom stereocenters. The molecule has 3 aromatic rings. The second-order valence-electron chi connectivity index (χ2n) is 7.98. The zero-order chi connectivity index (χ0) is 20.0. The van der Waals surface area contributed by atoms with E-state index in [1.165, 1.54) is 21.3 Å². The van der Waals surface area contributed by atoms with E-state index in [1.54, 1.807) is 6.20 Å². The fourth-order valence-electron chi connectivity index (χ4n) is 4.21. The standard InChI is InChI=1S/C20H22F2N6S/c1-14-4-2-3-5-16(14)29-27-12-20(13-27)6-7-26(11-20)18-9-23-15-8-24-28(10-17(21)22)19(15)25-18/h2-5,8-9,17H,6-7,10-13H2,1H3. The van der Waals surface area contributed by atoms with Crippen molar-refractivity contribution in [2.45, 2.75) is 31.2 Å². The summed E-state index contributed by atoms with van der Waals surface area (Å²) in [7, 11) is 0. The number of benzene rings is 1. The summed E-state index contributed by atoms with van der Waals surface area (Å²) in [5.74, 6) is 0.746. The third-order valence-electron chi connectivity index (χ3n) is 5.75. The molecule has 4 heterocycles. The fraction of sp³-hybridized carbons (Fsp3) is 0.450. The van der Waals surface area contributed by atoms with E-state index in [2.05, 4.69) is 55.5 Å². The van der Waals surface area contributed by atoms with Crippen LogP contribution < -0.4 is 4.90 Å². The summed E-state index contributed by atoms with van der Waals surface area (Å²) in [6.45, 7) is 5.59. The molecule has 0 amide bonds. The largest absolute Gasteiger partial charge is 0.355 e. The van der Waals surface area contributed by atoms with E-state index in [0.29, 0.717) is 11.2 Å². The molecular weight excluding hydrogens is 394 g/mol. The Hall–Kier alpha value is -2.26. The molecule has 152 valence electrons. The van der Waals surface area contributed by atoms with E-state index in [1.807, 2.05) is 11.9 Å². The highest BCUT2D eigenvalue weighted by atomic mass is 32.2. The van der Waals surface area contributed by atoms with E-state index in [9.17, 15) is 8.78 Å². The molecule has 29 heavy (non-hydrogen) atoms. The predicted octanol–water partition coefficient (Wildman–Crippen LogP) is 3.62. The second kappa shape index (κ2) is 7.21. The molecule has 9 heteroatoms. The lowest BCUT2D eigenvalue weighted by Gasteiger charge is -2.47. The lowest BCUT2D eigenvalue weighted by Crippen LogP contribution is -2.54. The first-order valence-electron chi connectivity index (χ1n) is 9.72. The van der Waals surface area contributed by atoms with Crippen molar-refractivity contribution in [3.63, 3.8) is 0 Å². The van der Waals surface area contributed by atoms with Crippen LogP contribution in [0.25, 0.3) is 11.2 Å². The van der Waals surface area contributed by atoms with Gasteiger partial charge in [0.25, 0.3) is 6.43 Å². The van der Waals surface area contributed by atoms with Crippen molar-refractivity contribution in [3.8, 4) is 0 Å². The molecule has 2 saturated heterocycles. The van der Waals surface area contributed by atoms with Crippen LogP contribution in [0.4, 0.5) is 14.6 Å². The SMILES string of the molecule is Cc1ccccc1SN1CC2(CCN(c3cnc4cnn(CC(F)F)c4n3)C2)C1. The number of alkyl halides is 2. The lowest BCUT2D eigenvalue weighted by atomic mass is 9.81. The van der Waals surface area contributed by atoms with Gasteiger partial charge in [-0.1, -0.05) is 18.2 Å². The highest BCUT2D eigenvalue weighted by Crippen LogP contribution is 2.45. The summed E-state index contributed by atoms with van der Waals surface area (Å²) >= 11 is 1.83. The number of hydrogen-bond acceptors (Lipinski definition) is 6. The molecule has 0 unspecified atom stereocenters. The van der Waals surface area contributed by atoms with Crippen LogP contribution in [0.3, 0.4) is 0 Å². The molecule has 2 aliphatic rings. The van der Waals surface area contributed by atoms with Crippen LogP contribution in [-0.2, 0) is 6.54 Å². The van der Waals surface area contributed by atoms with E-state index >= 15 is 0 Å². The number of halogens is 2. The highest BCUT2D eigenvalue weighted by molar-refractivity contribution is 7.97. The first-order chi connectivity index (χ1) is 14.0. The number of hydrogen-bond donors (Lipinski definition) is 0. The van der Waals surface area contributed by atoms with Crippen molar-refractivity contribution in [1.82, 2.24) is 24.1 Å². The molecule has 0 saturated carbocycles. The summed E-state index contributed by atoms with van der Waals surface area (Å²) < 4.78 is 29.2. The smallest absolute Gasteiger partial charge is 0.258 e. The van der Waals surface area contributed by atoms with E-state index < -0.39 is 13.0 Å². The molecule has 2 aromatic heterocycles. The summed E-state index contributed by atoms with van der Waals surface area (Å²) in [6.07, 6.45) is 1.86. The van der Waals surface area contributed by atoms with Gasteiger partial charge in [0, 0.05) is 36.5 Å². The number of nitrogens with zero attached hydrogens (tertiary/aromatic N) is 6. The first kappa shape index (κ1) is 18.7. The van der Waals surface area contributed by atoms with Gasteiger partial charge < -0.3 is 4.90 Å². The number of fused-ring (bicyclic) bond motifs is 1. The quantitative estimate of drug-likeness (QED) is 0.592. The molecule has 0 bridgehead atoms. The Morgan fingerprint density at radius 2 is 2.00 bits per heavy atom. The molecule has 1 aromatic carbocycles. The zero-order valence-corrected chi connectivity index (χ0v) is 16.9. The summed E-state index contributed by atoms with van der Waals surface area (Å²) in [5.41, 5.74) is 2.55. The van der Waals surface area contributed by atoms with Crippen molar-refractivity contribution >= 4 is 28.9 Å². The minimum atomic E-state index is -2.47. The molecule has 6 nitrogen and oxygen atoms in total. The molecule has 0 radical (unpaired) electrons. The average Bonchev–Trinajstić information content (AvgIpc) is 3.28. The maximum absolute atomic E-state index is 12.8. The van der Waals surface area contributed by atoms with Crippen LogP contribution in [0.5, 0.6) is 0 Å². The summed E-state index contributed by atoms with van der Waals surface area (Å²) in [5, 5.41) is 4.00. The minimum Gasteiger partial charge on any atom is -0.355 e. The Morgan fingerprint density at radius 1 is 1.17 bits per heavy atom. The van der Waals surface area contributed by atoms with Gasteiger partial charge in [0.1, 0.15) is 17.9 Å². The molecule has 5 rings (SSSR count). The van der Waals surface area contributed by atoms with Crippen LogP contribution in [0.2, 0.25) is 0 Å². The van der Waals surface area contributed by atoms with Crippen molar-refractivity contribution < 1.29 is 8.78 Å². The van der Waals surface area contributed by atoms with E-state index in [-0.39, 0.29) is 5.41 Å². The normalized spacial score (nSPS) is 18.8. The van der Waals surface area contributed by atoms with Crippen LogP contribution >= 0.6 is 11.9 Å². The fourth-order valence-corrected chi connectivity index (χ4v) is 5.52.